The maximum Gasteiger partial charge on any atom is 0.331 e. The van der Waals surface area contributed by atoms with Crippen molar-refractivity contribution in [3.05, 3.63) is 0 Å². The summed E-state index contributed by atoms with van der Waals surface area (Å²) in [4.78, 5) is 26.6. The van der Waals surface area contributed by atoms with Gasteiger partial charge < -0.3 is 19.3 Å². The molecule has 0 bridgehead atoms. The molecule has 0 N–H and O–H groups in total. The molecular weight excluding hydrogens is 212 g/mol. The van der Waals surface area contributed by atoms with E-state index in [1.807, 2.05) is 14.1 Å². The van der Waals surface area contributed by atoms with Gasteiger partial charge in [-0.1, -0.05) is 0 Å². The van der Waals surface area contributed by atoms with Gasteiger partial charge in [0.1, 0.15) is 0 Å². The van der Waals surface area contributed by atoms with Gasteiger partial charge in [0.25, 0.3) is 0 Å². The molecule has 1 aliphatic heterocycles. The van der Waals surface area contributed by atoms with Crippen LogP contribution in [0, 0.1) is 0 Å². The number of rotatable bonds is 3. The average molecular weight is 230 g/mol. The summed E-state index contributed by atoms with van der Waals surface area (Å²) in [5, 5.41) is 0. The minimum atomic E-state index is -0.605. The molecule has 1 saturated heterocycles. The van der Waals surface area contributed by atoms with E-state index in [1.165, 1.54) is 12.0 Å². The molecule has 1 atom stereocenters. The summed E-state index contributed by atoms with van der Waals surface area (Å²) in [6.07, 6.45) is 0. The normalized spacial score (nSPS) is 21.0. The van der Waals surface area contributed by atoms with Crippen molar-refractivity contribution < 1.29 is 19.1 Å². The number of morpholine rings is 1. The molecule has 0 saturated carbocycles. The predicted octanol–water partition coefficient (Wildman–Crippen LogP) is -1.05. The third kappa shape index (κ3) is 3.18. The van der Waals surface area contributed by atoms with Crippen LogP contribution in [-0.2, 0) is 19.1 Å². The lowest BCUT2D eigenvalue weighted by Gasteiger charge is -2.34. The second kappa shape index (κ2) is 5.81. The molecule has 1 fully saturated rings. The number of hydrogen-bond donors (Lipinski definition) is 0. The molecule has 92 valence electrons. The predicted molar refractivity (Wildman–Crippen MR) is 56.9 cm³/mol. The van der Waals surface area contributed by atoms with E-state index in [2.05, 4.69) is 4.74 Å². The van der Waals surface area contributed by atoms with Crippen molar-refractivity contribution >= 4 is 11.9 Å². The van der Waals surface area contributed by atoms with Gasteiger partial charge in [-0.25, -0.2) is 4.79 Å². The number of methoxy groups -OCH3 is 1. The number of carbonyl (C=O) groups excluding carboxylic acids is 2. The summed E-state index contributed by atoms with van der Waals surface area (Å²) in [7, 11) is 4.93. The first kappa shape index (κ1) is 12.9. The number of hydrogen-bond acceptors (Lipinski definition) is 5. The third-order valence-corrected chi connectivity index (χ3v) is 2.37. The molecule has 0 aromatic rings. The molecule has 1 heterocycles. The van der Waals surface area contributed by atoms with Crippen molar-refractivity contribution in [2.24, 2.45) is 0 Å². The van der Waals surface area contributed by atoms with Crippen LogP contribution in [-0.4, -0.2) is 75.2 Å². The molecule has 6 heteroatoms. The molecule has 0 aliphatic carbocycles. The van der Waals surface area contributed by atoms with E-state index in [4.69, 9.17) is 4.74 Å². The Bertz CT molecular complexity index is 268. The van der Waals surface area contributed by atoms with E-state index in [1.54, 1.807) is 4.90 Å². The Morgan fingerprint density at radius 2 is 2.19 bits per heavy atom. The van der Waals surface area contributed by atoms with Crippen LogP contribution in [0.15, 0.2) is 0 Å². The molecule has 0 aromatic heterocycles. The van der Waals surface area contributed by atoms with Crippen LogP contribution in [0.5, 0.6) is 0 Å². The topological polar surface area (TPSA) is 59.1 Å². The molecule has 0 spiro atoms. The van der Waals surface area contributed by atoms with Crippen LogP contribution in [0.4, 0.5) is 0 Å². The Balaban J connectivity index is 2.66. The smallest absolute Gasteiger partial charge is 0.331 e. The van der Waals surface area contributed by atoms with Gasteiger partial charge in [-0.2, -0.15) is 0 Å². The first-order valence-corrected chi connectivity index (χ1v) is 5.16. The first-order chi connectivity index (χ1) is 7.56. The fourth-order valence-corrected chi connectivity index (χ4v) is 1.59. The summed E-state index contributed by atoms with van der Waals surface area (Å²) in [6.45, 7) is 1.40. The summed E-state index contributed by atoms with van der Waals surface area (Å²) < 4.78 is 9.83. The Labute approximate surface area is 95.1 Å². The highest BCUT2D eigenvalue weighted by Gasteiger charge is 2.33. The van der Waals surface area contributed by atoms with E-state index in [9.17, 15) is 9.59 Å². The zero-order valence-electron chi connectivity index (χ0n) is 9.93. The van der Waals surface area contributed by atoms with Gasteiger partial charge in [0.05, 0.1) is 26.9 Å². The SMILES string of the molecule is COC(=O)C1COCCN1C(=O)CN(C)C. The standard InChI is InChI=1S/C10H18N2O4/c1-11(2)6-9(13)12-4-5-16-7-8(12)10(14)15-3/h8H,4-7H2,1-3H3. The number of esters is 1. The van der Waals surface area contributed by atoms with Gasteiger partial charge in [-0.05, 0) is 14.1 Å². The van der Waals surface area contributed by atoms with Crippen LogP contribution in [0.2, 0.25) is 0 Å². The average Bonchev–Trinajstić information content (AvgIpc) is 2.27. The van der Waals surface area contributed by atoms with Gasteiger partial charge in [0.15, 0.2) is 6.04 Å². The van der Waals surface area contributed by atoms with Crippen LogP contribution in [0.3, 0.4) is 0 Å². The second-order valence-electron chi connectivity index (χ2n) is 3.94. The third-order valence-electron chi connectivity index (χ3n) is 2.37. The van der Waals surface area contributed by atoms with E-state index in [-0.39, 0.29) is 19.1 Å². The lowest BCUT2D eigenvalue weighted by molar-refractivity contribution is -0.161. The van der Waals surface area contributed by atoms with Gasteiger partial charge in [0.2, 0.25) is 5.91 Å². The largest absolute Gasteiger partial charge is 0.467 e. The second-order valence-corrected chi connectivity index (χ2v) is 3.94. The van der Waals surface area contributed by atoms with E-state index in [0.29, 0.717) is 13.2 Å². The van der Waals surface area contributed by atoms with E-state index >= 15 is 0 Å². The zero-order chi connectivity index (χ0) is 12.1. The van der Waals surface area contributed by atoms with E-state index < -0.39 is 12.0 Å². The van der Waals surface area contributed by atoms with Crippen molar-refractivity contribution in [1.29, 1.82) is 0 Å². The lowest BCUT2D eigenvalue weighted by atomic mass is 10.2. The monoisotopic (exact) mass is 230 g/mol. The van der Waals surface area contributed by atoms with Crippen molar-refractivity contribution in [3.8, 4) is 0 Å². The van der Waals surface area contributed by atoms with Gasteiger partial charge in [-0.3, -0.25) is 4.79 Å². The molecule has 1 aliphatic rings. The molecular formula is C10H18N2O4. The van der Waals surface area contributed by atoms with Crippen molar-refractivity contribution in [1.82, 2.24) is 9.80 Å². The van der Waals surface area contributed by atoms with Crippen molar-refractivity contribution in [3.63, 3.8) is 0 Å². The highest BCUT2D eigenvalue weighted by atomic mass is 16.5. The highest BCUT2D eigenvalue weighted by molar-refractivity contribution is 5.85. The molecule has 16 heavy (non-hydrogen) atoms. The van der Waals surface area contributed by atoms with Gasteiger partial charge in [-0.15, -0.1) is 0 Å². The fraction of sp³-hybridized carbons (Fsp3) is 0.800. The minimum Gasteiger partial charge on any atom is -0.467 e. The molecule has 1 rings (SSSR count). The quantitative estimate of drug-likeness (QED) is 0.579. The Morgan fingerprint density at radius 1 is 1.50 bits per heavy atom. The van der Waals surface area contributed by atoms with Gasteiger partial charge >= 0.3 is 5.97 Å². The highest BCUT2D eigenvalue weighted by Crippen LogP contribution is 2.09. The number of likely N-dealkylation sites (N-methyl/N-ethyl adjacent to an activating group) is 1. The van der Waals surface area contributed by atoms with Crippen LogP contribution in [0.25, 0.3) is 0 Å². The molecule has 1 unspecified atom stereocenters. The molecule has 1 amide bonds. The van der Waals surface area contributed by atoms with Crippen LogP contribution < -0.4 is 0 Å². The first-order valence-electron chi connectivity index (χ1n) is 5.16. The number of nitrogens with zero attached hydrogens (tertiary/aromatic N) is 2. The Kier molecular flexibility index (Phi) is 4.70. The zero-order valence-corrected chi connectivity index (χ0v) is 9.93. The van der Waals surface area contributed by atoms with Crippen LogP contribution >= 0.6 is 0 Å². The van der Waals surface area contributed by atoms with Crippen molar-refractivity contribution in [2.45, 2.75) is 6.04 Å². The molecule has 0 aromatic carbocycles. The number of carbonyl (C=O) groups is 2. The maximum absolute atomic E-state index is 11.9. The Hall–Kier alpha value is -1.14. The summed E-state index contributed by atoms with van der Waals surface area (Å²) in [5.41, 5.74) is 0. The lowest BCUT2D eigenvalue weighted by Crippen LogP contribution is -2.54. The summed E-state index contributed by atoms with van der Waals surface area (Å²) in [6, 6.07) is -0.605. The van der Waals surface area contributed by atoms with E-state index in [0.717, 1.165) is 0 Å². The Morgan fingerprint density at radius 3 is 2.75 bits per heavy atom. The fourth-order valence-electron chi connectivity index (χ4n) is 1.59. The molecule has 6 nitrogen and oxygen atoms in total. The minimum absolute atomic E-state index is 0.0799. The van der Waals surface area contributed by atoms with Gasteiger partial charge in [0, 0.05) is 6.54 Å². The maximum atomic E-state index is 11.9. The number of ether oxygens (including phenoxy) is 2. The molecule has 0 radical (unpaired) electrons. The summed E-state index contributed by atoms with van der Waals surface area (Å²) in [5.74, 6) is -0.504. The van der Waals surface area contributed by atoms with Crippen LogP contribution in [0.1, 0.15) is 0 Å². The van der Waals surface area contributed by atoms with Crippen molar-refractivity contribution in [2.75, 3.05) is 47.5 Å². The number of amides is 1. The summed E-state index contributed by atoms with van der Waals surface area (Å²) >= 11 is 0.